The standard InChI is InChI=1S/C9H14N2O2S/c1-2-14-7-3-6-11-9(13)5-4-8(12)10-11/h4-5H,2-3,6-7H2,1H3,(H,10,12). The summed E-state index contributed by atoms with van der Waals surface area (Å²) < 4.78 is 1.36. The highest BCUT2D eigenvalue weighted by atomic mass is 32.2. The predicted octanol–water partition coefficient (Wildman–Crippen LogP) is 0.680. The average molecular weight is 214 g/mol. The van der Waals surface area contributed by atoms with Crippen LogP contribution in [0.5, 0.6) is 0 Å². The Hall–Kier alpha value is -0.970. The van der Waals surface area contributed by atoms with Crippen molar-refractivity contribution in [1.82, 2.24) is 9.78 Å². The van der Waals surface area contributed by atoms with Crippen molar-refractivity contribution in [2.75, 3.05) is 11.5 Å². The van der Waals surface area contributed by atoms with Crippen LogP contribution in [0.25, 0.3) is 0 Å². The molecule has 0 fully saturated rings. The molecule has 14 heavy (non-hydrogen) atoms. The molecule has 1 N–H and O–H groups in total. The maximum absolute atomic E-state index is 11.2. The Bertz CT molecular complexity index is 383. The van der Waals surface area contributed by atoms with Gasteiger partial charge in [0.1, 0.15) is 0 Å². The van der Waals surface area contributed by atoms with Crippen LogP contribution in [0.15, 0.2) is 21.7 Å². The summed E-state index contributed by atoms with van der Waals surface area (Å²) in [6, 6.07) is 2.55. The molecule has 1 rings (SSSR count). The molecule has 78 valence electrons. The molecule has 0 bridgehead atoms. The van der Waals surface area contributed by atoms with Crippen molar-refractivity contribution in [1.29, 1.82) is 0 Å². The van der Waals surface area contributed by atoms with Crippen LogP contribution in [0.4, 0.5) is 0 Å². The van der Waals surface area contributed by atoms with Gasteiger partial charge in [0.15, 0.2) is 0 Å². The number of nitrogens with zero attached hydrogens (tertiary/aromatic N) is 1. The lowest BCUT2D eigenvalue weighted by Crippen LogP contribution is -2.28. The van der Waals surface area contributed by atoms with E-state index in [4.69, 9.17) is 0 Å². The van der Waals surface area contributed by atoms with Crippen molar-refractivity contribution in [3.8, 4) is 0 Å². The molecule has 0 aliphatic heterocycles. The largest absolute Gasteiger partial charge is 0.268 e. The topological polar surface area (TPSA) is 54.9 Å². The van der Waals surface area contributed by atoms with Gasteiger partial charge in [-0.3, -0.25) is 19.4 Å². The first-order valence-corrected chi connectivity index (χ1v) is 5.77. The van der Waals surface area contributed by atoms with Gasteiger partial charge in [-0.1, -0.05) is 6.92 Å². The van der Waals surface area contributed by atoms with E-state index < -0.39 is 0 Å². The summed E-state index contributed by atoms with van der Waals surface area (Å²) in [6.07, 6.45) is 0.901. The predicted molar refractivity (Wildman–Crippen MR) is 58.9 cm³/mol. The molecule has 4 nitrogen and oxygen atoms in total. The number of thioether (sulfide) groups is 1. The summed E-state index contributed by atoms with van der Waals surface area (Å²) in [5.41, 5.74) is -0.376. The molecule has 0 aromatic carbocycles. The quantitative estimate of drug-likeness (QED) is 0.733. The van der Waals surface area contributed by atoms with E-state index >= 15 is 0 Å². The Labute approximate surface area is 86.3 Å². The molecule has 0 unspecified atom stereocenters. The zero-order valence-corrected chi connectivity index (χ0v) is 8.97. The molecule has 0 saturated carbocycles. The van der Waals surface area contributed by atoms with Crippen LogP contribution < -0.4 is 11.1 Å². The number of aromatic amines is 1. The number of aromatic nitrogens is 2. The zero-order chi connectivity index (χ0) is 10.4. The van der Waals surface area contributed by atoms with Crippen LogP contribution in [0.2, 0.25) is 0 Å². The van der Waals surface area contributed by atoms with Gasteiger partial charge < -0.3 is 0 Å². The molecule has 1 heterocycles. The summed E-state index contributed by atoms with van der Waals surface area (Å²) in [6.45, 7) is 2.68. The summed E-state index contributed by atoms with van der Waals surface area (Å²) in [5, 5.41) is 2.49. The SMILES string of the molecule is CCSCCCn1[nH]c(=O)ccc1=O. The van der Waals surface area contributed by atoms with Gasteiger partial charge >= 0.3 is 0 Å². The highest BCUT2D eigenvalue weighted by molar-refractivity contribution is 7.99. The van der Waals surface area contributed by atoms with Crippen molar-refractivity contribution in [2.24, 2.45) is 0 Å². The van der Waals surface area contributed by atoms with Gasteiger partial charge in [-0.05, 0) is 17.9 Å². The number of nitrogens with one attached hydrogen (secondary N) is 1. The first kappa shape index (κ1) is 11.1. The van der Waals surface area contributed by atoms with Crippen LogP contribution in [-0.4, -0.2) is 21.3 Å². The molecular formula is C9H14N2O2S. The normalized spacial score (nSPS) is 10.4. The second kappa shape index (κ2) is 5.70. The molecule has 0 spiro atoms. The molecule has 0 atom stereocenters. The Morgan fingerprint density at radius 2 is 2.21 bits per heavy atom. The summed E-state index contributed by atoms with van der Waals surface area (Å²) >= 11 is 1.83. The third-order valence-electron chi connectivity index (χ3n) is 1.76. The van der Waals surface area contributed by atoms with E-state index in [1.54, 1.807) is 0 Å². The number of H-pyrrole nitrogens is 1. The number of rotatable bonds is 5. The van der Waals surface area contributed by atoms with Crippen LogP contribution in [0, 0.1) is 0 Å². The van der Waals surface area contributed by atoms with E-state index in [2.05, 4.69) is 12.0 Å². The first-order chi connectivity index (χ1) is 6.74. The van der Waals surface area contributed by atoms with E-state index in [0.717, 1.165) is 17.9 Å². The van der Waals surface area contributed by atoms with Gasteiger partial charge in [-0.25, -0.2) is 0 Å². The summed E-state index contributed by atoms with van der Waals surface area (Å²) in [7, 11) is 0. The van der Waals surface area contributed by atoms with Gasteiger partial charge in [-0.15, -0.1) is 0 Å². The van der Waals surface area contributed by atoms with Crippen molar-refractivity contribution in [3.05, 3.63) is 32.8 Å². The average Bonchev–Trinajstić information content (AvgIpc) is 2.18. The Morgan fingerprint density at radius 3 is 2.93 bits per heavy atom. The minimum absolute atomic E-state index is 0.147. The minimum Gasteiger partial charge on any atom is -0.268 e. The molecular weight excluding hydrogens is 200 g/mol. The number of aryl methyl sites for hydroxylation is 1. The summed E-state index contributed by atoms with van der Waals surface area (Å²) in [5.74, 6) is 2.10. The highest BCUT2D eigenvalue weighted by Crippen LogP contribution is 2.00. The van der Waals surface area contributed by atoms with Crippen molar-refractivity contribution < 1.29 is 0 Å². The lowest BCUT2D eigenvalue weighted by atomic mass is 10.5. The van der Waals surface area contributed by atoms with Gasteiger partial charge in [-0.2, -0.15) is 11.8 Å². The fraction of sp³-hybridized carbons (Fsp3) is 0.556. The van der Waals surface area contributed by atoms with E-state index in [0.29, 0.717) is 6.54 Å². The molecule has 0 amide bonds. The van der Waals surface area contributed by atoms with Crippen LogP contribution in [0.3, 0.4) is 0 Å². The highest BCUT2D eigenvalue weighted by Gasteiger charge is 1.95. The molecule has 0 radical (unpaired) electrons. The lowest BCUT2D eigenvalue weighted by Gasteiger charge is -2.03. The third kappa shape index (κ3) is 3.41. The first-order valence-electron chi connectivity index (χ1n) is 4.62. The smallest absolute Gasteiger partial charge is 0.265 e. The van der Waals surface area contributed by atoms with Crippen molar-refractivity contribution in [2.45, 2.75) is 19.9 Å². The van der Waals surface area contributed by atoms with Crippen LogP contribution >= 0.6 is 11.8 Å². The molecule has 5 heteroatoms. The van der Waals surface area contributed by atoms with Gasteiger partial charge in [0, 0.05) is 18.7 Å². The third-order valence-corrected chi connectivity index (χ3v) is 2.75. The van der Waals surface area contributed by atoms with Crippen molar-refractivity contribution in [3.63, 3.8) is 0 Å². The zero-order valence-electron chi connectivity index (χ0n) is 8.16. The fourth-order valence-corrected chi connectivity index (χ4v) is 1.72. The number of hydrogen-bond donors (Lipinski definition) is 1. The number of hydrogen-bond acceptors (Lipinski definition) is 3. The summed E-state index contributed by atoms with van der Waals surface area (Å²) in [4.78, 5) is 22.1. The Balaban J connectivity index is 2.54. The second-order valence-corrected chi connectivity index (χ2v) is 4.24. The van der Waals surface area contributed by atoms with E-state index in [1.165, 1.54) is 16.8 Å². The maximum atomic E-state index is 11.2. The van der Waals surface area contributed by atoms with Crippen molar-refractivity contribution >= 4 is 11.8 Å². The fourth-order valence-electron chi connectivity index (χ4n) is 1.10. The van der Waals surface area contributed by atoms with Crippen LogP contribution in [-0.2, 0) is 6.54 Å². The van der Waals surface area contributed by atoms with E-state index in [1.807, 2.05) is 11.8 Å². The Kier molecular flexibility index (Phi) is 4.52. The molecule has 0 saturated heterocycles. The monoisotopic (exact) mass is 214 g/mol. The second-order valence-electron chi connectivity index (χ2n) is 2.85. The van der Waals surface area contributed by atoms with Crippen LogP contribution in [0.1, 0.15) is 13.3 Å². The molecule has 1 aromatic heterocycles. The van der Waals surface area contributed by atoms with Gasteiger partial charge in [0.25, 0.3) is 11.1 Å². The molecule has 0 aliphatic carbocycles. The lowest BCUT2D eigenvalue weighted by molar-refractivity contribution is 0.562. The van der Waals surface area contributed by atoms with Gasteiger partial charge in [0.05, 0.1) is 0 Å². The molecule has 0 aliphatic rings. The van der Waals surface area contributed by atoms with Gasteiger partial charge in [0.2, 0.25) is 0 Å². The Morgan fingerprint density at radius 1 is 1.43 bits per heavy atom. The molecule has 1 aromatic rings. The minimum atomic E-state index is -0.229. The van der Waals surface area contributed by atoms with E-state index in [-0.39, 0.29) is 11.1 Å². The maximum Gasteiger partial charge on any atom is 0.265 e. The van der Waals surface area contributed by atoms with E-state index in [9.17, 15) is 9.59 Å².